The Balaban J connectivity index is 1.77. The highest BCUT2D eigenvalue weighted by Crippen LogP contribution is 2.23. The van der Waals surface area contributed by atoms with Gasteiger partial charge in [0.15, 0.2) is 0 Å². The maximum atomic E-state index is 9.48. The van der Waals surface area contributed by atoms with E-state index in [4.69, 9.17) is 16.3 Å². The van der Waals surface area contributed by atoms with Gasteiger partial charge in [-0.15, -0.1) is 0 Å². The summed E-state index contributed by atoms with van der Waals surface area (Å²) in [4.78, 5) is 0. The zero-order valence-corrected chi connectivity index (χ0v) is 15.2. The number of allylic oxidation sites excluding steroid dienone is 1. The van der Waals surface area contributed by atoms with Gasteiger partial charge >= 0.3 is 0 Å². The summed E-state index contributed by atoms with van der Waals surface area (Å²) in [6, 6.07) is 25.5. The van der Waals surface area contributed by atoms with E-state index in [1.54, 1.807) is 12.1 Å². The molecule has 0 radical (unpaired) electrons. The van der Waals surface area contributed by atoms with Crippen LogP contribution in [0.4, 0.5) is 0 Å². The van der Waals surface area contributed by atoms with Gasteiger partial charge in [0.05, 0.1) is 11.6 Å². The predicted molar refractivity (Wildman–Crippen MR) is 107 cm³/mol. The lowest BCUT2D eigenvalue weighted by atomic mass is 10.0. The van der Waals surface area contributed by atoms with Gasteiger partial charge in [-0.25, -0.2) is 0 Å². The van der Waals surface area contributed by atoms with E-state index in [1.165, 1.54) is 5.56 Å². The maximum absolute atomic E-state index is 9.48. The van der Waals surface area contributed by atoms with Gasteiger partial charge in [-0.1, -0.05) is 65.7 Å². The molecule has 0 N–H and O–H groups in total. The second-order valence-corrected chi connectivity index (χ2v) is 6.46. The van der Waals surface area contributed by atoms with Crippen LogP contribution in [0.5, 0.6) is 5.75 Å². The summed E-state index contributed by atoms with van der Waals surface area (Å²) >= 11 is 6.03. The fourth-order valence-corrected chi connectivity index (χ4v) is 2.74. The number of nitrogens with zero attached hydrogens (tertiary/aromatic N) is 1. The molecule has 2 nitrogen and oxygen atoms in total. The number of ether oxygens (including phenoxy) is 1. The van der Waals surface area contributed by atoms with E-state index in [0.29, 0.717) is 17.2 Å². The molecule has 0 aromatic heterocycles. The Labute approximate surface area is 158 Å². The van der Waals surface area contributed by atoms with E-state index in [0.717, 1.165) is 22.4 Å². The Morgan fingerprint density at radius 1 is 1.04 bits per heavy atom. The van der Waals surface area contributed by atoms with Crippen molar-refractivity contribution in [3.63, 3.8) is 0 Å². The van der Waals surface area contributed by atoms with E-state index in [-0.39, 0.29) is 0 Å². The second-order valence-electron chi connectivity index (χ2n) is 6.03. The van der Waals surface area contributed by atoms with Crippen molar-refractivity contribution >= 4 is 23.3 Å². The first-order valence-electron chi connectivity index (χ1n) is 8.30. The molecule has 0 spiro atoms. The number of benzene rings is 3. The lowest BCUT2D eigenvalue weighted by molar-refractivity contribution is 0.306. The average molecular weight is 360 g/mol. The third kappa shape index (κ3) is 4.75. The first kappa shape index (κ1) is 17.8. The highest BCUT2D eigenvalue weighted by atomic mass is 35.5. The number of aryl methyl sites for hydroxylation is 1. The van der Waals surface area contributed by atoms with Gasteiger partial charge in [0.2, 0.25) is 0 Å². The van der Waals surface area contributed by atoms with Crippen molar-refractivity contribution in [2.75, 3.05) is 0 Å². The van der Waals surface area contributed by atoms with E-state index in [9.17, 15) is 5.26 Å². The zero-order chi connectivity index (χ0) is 18.4. The highest BCUT2D eigenvalue weighted by molar-refractivity contribution is 6.30. The third-order valence-corrected chi connectivity index (χ3v) is 4.19. The summed E-state index contributed by atoms with van der Waals surface area (Å²) < 4.78 is 5.88. The molecule has 0 bridgehead atoms. The fraction of sp³-hybridized carbons (Fsp3) is 0.0870. The van der Waals surface area contributed by atoms with Crippen molar-refractivity contribution in [1.82, 2.24) is 0 Å². The van der Waals surface area contributed by atoms with Crippen molar-refractivity contribution in [2.24, 2.45) is 0 Å². The van der Waals surface area contributed by atoms with Gasteiger partial charge < -0.3 is 4.74 Å². The number of nitriles is 1. The molecule has 3 heteroatoms. The van der Waals surface area contributed by atoms with Gasteiger partial charge in [0.1, 0.15) is 12.4 Å². The summed E-state index contributed by atoms with van der Waals surface area (Å²) in [5.74, 6) is 0.766. The second kappa shape index (κ2) is 8.38. The molecule has 0 unspecified atom stereocenters. The van der Waals surface area contributed by atoms with Crippen molar-refractivity contribution < 1.29 is 4.74 Å². The number of halogens is 1. The first-order chi connectivity index (χ1) is 12.6. The Hall–Kier alpha value is -3.02. The fourth-order valence-electron chi connectivity index (χ4n) is 2.55. The Morgan fingerprint density at radius 2 is 1.81 bits per heavy atom. The highest BCUT2D eigenvalue weighted by Gasteiger charge is 2.03. The molecule has 0 atom stereocenters. The molecular weight excluding hydrogens is 342 g/mol. The minimum Gasteiger partial charge on any atom is -0.489 e. The van der Waals surface area contributed by atoms with Crippen LogP contribution >= 0.6 is 11.6 Å². The van der Waals surface area contributed by atoms with Crippen molar-refractivity contribution in [1.29, 1.82) is 5.26 Å². The third-order valence-electron chi connectivity index (χ3n) is 3.95. The van der Waals surface area contributed by atoms with Crippen molar-refractivity contribution in [2.45, 2.75) is 13.5 Å². The molecule has 3 rings (SSSR count). The molecule has 26 heavy (non-hydrogen) atoms. The summed E-state index contributed by atoms with van der Waals surface area (Å²) in [7, 11) is 0. The van der Waals surface area contributed by atoms with Crippen LogP contribution < -0.4 is 4.74 Å². The SMILES string of the molecule is Cc1ccc(COc2cccc(/C=C(/C#N)c3cccc(Cl)c3)c2)cc1. The van der Waals surface area contributed by atoms with E-state index in [1.807, 2.05) is 42.5 Å². The number of hydrogen-bond donors (Lipinski definition) is 0. The standard InChI is InChI=1S/C23H18ClNO/c1-17-8-10-18(11-9-17)16-26-23-7-2-4-19(13-23)12-21(15-25)20-5-3-6-22(24)14-20/h2-14H,16H2,1H3/b21-12-. The lowest BCUT2D eigenvalue weighted by Gasteiger charge is -2.08. The molecule has 0 aliphatic rings. The molecule has 0 heterocycles. The van der Waals surface area contributed by atoms with Crippen LogP contribution in [-0.4, -0.2) is 0 Å². The summed E-state index contributed by atoms with van der Waals surface area (Å²) in [6.45, 7) is 2.57. The molecular formula is C23H18ClNO. The van der Waals surface area contributed by atoms with Gasteiger partial charge in [-0.3, -0.25) is 0 Å². The number of rotatable bonds is 5. The van der Waals surface area contributed by atoms with E-state index >= 15 is 0 Å². The molecule has 0 amide bonds. The minimum atomic E-state index is 0.507. The molecule has 0 saturated heterocycles. The molecule has 128 valence electrons. The molecule has 3 aromatic carbocycles. The normalized spacial score (nSPS) is 11.0. The average Bonchev–Trinajstić information content (AvgIpc) is 2.66. The van der Waals surface area contributed by atoms with Crippen LogP contribution in [0, 0.1) is 18.3 Å². The minimum absolute atomic E-state index is 0.507. The Morgan fingerprint density at radius 3 is 2.54 bits per heavy atom. The monoisotopic (exact) mass is 359 g/mol. The molecule has 0 aliphatic heterocycles. The van der Waals surface area contributed by atoms with Gasteiger partial charge in [-0.2, -0.15) is 5.26 Å². The quantitative estimate of drug-likeness (QED) is 0.396. The Bertz CT molecular complexity index is 968. The van der Waals surface area contributed by atoms with E-state index < -0.39 is 0 Å². The topological polar surface area (TPSA) is 33.0 Å². The van der Waals surface area contributed by atoms with Crippen LogP contribution in [0.1, 0.15) is 22.3 Å². The zero-order valence-electron chi connectivity index (χ0n) is 14.4. The lowest BCUT2D eigenvalue weighted by Crippen LogP contribution is -1.95. The predicted octanol–water partition coefficient (Wildman–Crippen LogP) is 6.29. The van der Waals surface area contributed by atoms with Crippen LogP contribution in [0.15, 0.2) is 72.8 Å². The van der Waals surface area contributed by atoms with Crippen molar-refractivity contribution in [3.8, 4) is 11.8 Å². The molecule has 3 aromatic rings. The van der Waals surface area contributed by atoms with Gasteiger partial charge in [-0.05, 0) is 54.0 Å². The first-order valence-corrected chi connectivity index (χ1v) is 8.68. The van der Waals surface area contributed by atoms with Crippen LogP contribution in [0.25, 0.3) is 11.6 Å². The maximum Gasteiger partial charge on any atom is 0.120 e. The summed E-state index contributed by atoms with van der Waals surface area (Å²) in [5, 5.41) is 10.1. The summed E-state index contributed by atoms with van der Waals surface area (Å²) in [6.07, 6.45) is 1.84. The summed E-state index contributed by atoms with van der Waals surface area (Å²) in [5.41, 5.74) is 4.61. The van der Waals surface area contributed by atoms with E-state index in [2.05, 4.69) is 37.3 Å². The number of hydrogen-bond acceptors (Lipinski definition) is 2. The molecule has 0 aliphatic carbocycles. The largest absolute Gasteiger partial charge is 0.489 e. The molecule has 0 fully saturated rings. The van der Waals surface area contributed by atoms with Gasteiger partial charge in [0, 0.05) is 5.02 Å². The van der Waals surface area contributed by atoms with Crippen molar-refractivity contribution in [3.05, 3.63) is 100 Å². The Kier molecular flexibility index (Phi) is 5.73. The van der Waals surface area contributed by atoms with Crippen LogP contribution in [0.2, 0.25) is 5.02 Å². The van der Waals surface area contributed by atoms with Gasteiger partial charge in [0.25, 0.3) is 0 Å². The smallest absolute Gasteiger partial charge is 0.120 e. The van der Waals surface area contributed by atoms with Crippen LogP contribution in [0.3, 0.4) is 0 Å². The van der Waals surface area contributed by atoms with Crippen LogP contribution in [-0.2, 0) is 6.61 Å². The molecule has 0 saturated carbocycles.